The summed E-state index contributed by atoms with van der Waals surface area (Å²) < 4.78 is 24.2. The van der Waals surface area contributed by atoms with Gasteiger partial charge in [0.25, 0.3) is 0 Å². The molecule has 1 aromatic rings. The third-order valence-electron chi connectivity index (χ3n) is 4.16. The number of benzene rings is 1. The molecular weight excluding hydrogens is 288 g/mol. The van der Waals surface area contributed by atoms with Crippen LogP contribution in [0.5, 0.6) is 0 Å². The highest BCUT2D eigenvalue weighted by Crippen LogP contribution is 2.45. The minimum absolute atomic E-state index is 0.161. The summed E-state index contributed by atoms with van der Waals surface area (Å²) in [6.45, 7) is 3.88. The van der Waals surface area contributed by atoms with Gasteiger partial charge < -0.3 is 5.11 Å². The molecule has 5 heteroatoms. The molecule has 0 aliphatic heterocycles. The Balaban J connectivity index is 2.09. The number of carbonyl (C=O) groups is 1. The van der Waals surface area contributed by atoms with Crippen molar-refractivity contribution in [3.63, 3.8) is 0 Å². The average Bonchev–Trinajstić information content (AvgIpc) is 3.18. The molecule has 3 unspecified atom stereocenters. The second-order valence-corrected chi connectivity index (χ2v) is 8.08. The first-order valence-corrected chi connectivity index (χ1v) is 9.06. The topological polar surface area (TPSA) is 71.4 Å². The van der Waals surface area contributed by atoms with Crippen molar-refractivity contribution in [1.82, 2.24) is 0 Å². The molecule has 1 aromatic carbocycles. The molecule has 0 saturated heterocycles. The summed E-state index contributed by atoms with van der Waals surface area (Å²) in [5.74, 6) is -0.357. The SMILES string of the molecule is CCCS(=O)(=O)c1cccc(C(C)CC2CC2C(=O)O)c1. The van der Waals surface area contributed by atoms with Gasteiger partial charge in [0, 0.05) is 0 Å². The van der Waals surface area contributed by atoms with Gasteiger partial charge in [0.1, 0.15) is 0 Å². The Morgan fingerprint density at radius 3 is 2.71 bits per heavy atom. The quantitative estimate of drug-likeness (QED) is 0.840. The van der Waals surface area contributed by atoms with Crippen molar-refractivity contribution in [3.8, 4) is 0 Å². The van der Waals surface area contributed by atoms with Crippen LogP contribution in [0.1, 0.15) is 44.6 Å². The van der Waals surface area contributed by atoms with Crippen molar-refractivity contribution in [3.05, 3.63) is 29.8 Å². The Labute approximate surface area is 126 Å². The van der Waals surface area contributed by atoms with Crippen LogP contribution >= 0.6 is 0 Å². The number of rotatable bonds is 7. The Morgan fingerprint density at radius 1 is 1.43 bits per heavy atom. The summed E-state index contributed by atoms with van der Waals surface area (Å²) in [7, 11) is -3.20. The molecule has 1 fully saturated rings. The van der Waals surface area contributed by atoms with Crippen LogP contribution in [0.15, 0.2) is 29.2 Å². The molecule has 21 heavy (non-hydrogen) atoms. The van der Waals surface area contributed by atoms with Gasteiger partial charge in [0.05, 0.1) is 16.6 Å². The molecule has 1 aliphatic carbocycles. The molecule has 0 radical (unpaired) electrons. The fraction of sp³-hybridized carbons (Fsp3) is 0.562. The van der Waals surface area contributed by atoms with Crippen LogP contribution in [-0.4, -0.2) is 25.2 Å². The third-order valence-corrected chi connectivity index (χ3v) is 6.07. The monoisotopic (exact) mass is 310 g/mol. The summed E-state index contributed by atoms with van der Waals surface area (Å²) in [4.78, 5) is 11.2. The first kappa shape index (κ1) is 16.0. The van der Waals surface area contributed by atoms with Crippen molar-refractivity contribution in [2.24, 2.45) is 11.8 Å². The fourth-order valence-corrected chi connectivity index (χ4v) is 4.18. The van der Waals surface area contributed by atoms with E-state index in [4.69, 9.17) is 5.11 Å². The Kier molecular flexibility index (Phi) is 4.71. The molecular formula is C16H22O4S. The molecule has 0 aromatic heterocycles. The molecule has 4 nitrogen and oxygen atoms in total. The van der Waals surface area contributed by atoms with E-state index in [1.807, 2.05) is 19.9 Å². The van der Waals surface area contributed by atoms with Crippen LogP contribution in [0.2, 0.25) is 0 Å². The zero-order chi connectivity index (χ0) is 15.6. The number of sulfone groups is 1. The summed E-state index contributed by atoms with van der Waals surface area (Å²) >= 11 is 0. The van der Waals surface area contributed by atoms with Crippen molar-refractivity contribution >= 4 is 15.8 Å². The molecule has 1 N–H and O–H groups in total. The zero-order valence-corrected chi connectivity index (χ0v) is 13.3. The van der Waals surface area contributed by atoms with Crippen LogP contribution < -0.4 is 0 Å². The summed E-state index contributed by atoms with van der Waals surface area (Å²) in [5, 5.41) is 8.94. The van der Waals surface area contributed by atoms with Crippen molar-refractivity contribution in [2.45, 2.75) is 43.9 Å². The van der Waals surface area contributed by atoms with Gasteiger partial charge in [-0.25, -0.2) is 8.42 Å². The predicted octanol–water partition coefficient (Wildman–Crippen LogP) is 3.08. The Morgan fingerprint density at radius 2 is 2.14 bits per heavy atom. The van der Waals surface area contributed by atoms with Crippen LogP contribution in [-0.2, 0) is 14.6 Å². The lowest BCUT2D eigenvalue weighted by atomic mass is 9.95. The maximum absolute atomic E-state index is 12.1. The zero-order valence-electron chi connectivity index (χ0n) is 12.5. The second-order valence-electron chi connectivity index (χ2n) is 5.97. The van der Waals surface area contributed by atoms with Crippen molar-refractivity contribution in [1.29, 1.82) is 0 Å². The molecule has 2 rings (SSSR count). The van der Waals surface area contributed by atoms with E-state index in [-0.39, 0.29) is 23.5 Å². The number of carboxylic acids is 1. The highest BCUT2D eigenvalue weighted by Gasteiger charge is 2.43. The highest BCUT2D eigenvalue weighted by molar-refractivity contribution is 7.91. The number of aliphatic carboxylic acids is 1. The molecule has 0 heterocycles. The lowest BCUT2D eigenvalue weighted by molar-refractivity contribution is -0.138. The smallest absolute Gasteiger partial charge is 0.306 e. The van der Waals surface area contributed by atoms with E-state index >= 15 is 0 Å². The molecule has 0 amide bonds. The van der Waals surface area contributed by atoms with Gasteiger partial charge in [-0.05, 0) is 48.8 Å². The normalized spacial score (nSPS) is 22.8. The number of hydrogen-bond donors (Lipinski definition) is 1. The van der Waals surface area contributed by atoms with Gasteiger partial charge >= 0.3 is 5.97 Å². The minimum atomic E-state index is -3.20. The number of hydrogen-bond acceptors (Lipinski definition) is 3. The van der Waals surface area contributed by atoms with Crippen molar-refractivity contribution in [2.75, 3.05) is 5.75 Å². The van der Waals surface area contributed by atoms with Gasteiger partial charge in [-0.15, -0.1) is 0 Å². The van der Waals surface area contributed by atoms with E-state index in [1.165, 1.54) is 0 Å². The van der Waals surface area contributed by atoms with Gasteiger partial charge in [-0.1, -0.05) is 26.0 Å². The van der Waals surface area contributed by atoms with E-state index in [1.54, 1.807) is 18.2 Å². The van der Waals surface area contributed by atoms with Gasteiger partial charge in [0.15, 0.2) is 9.84 Å². The molecule has 0 spiro atoms. The predicted molar refractivity (Wildman–Crippen MR) is 81.1 cm³/mol. The molecule has 116 valence electrons. The van der Waals surface area contributed by atoms with E-state index in [2.05, 4.69) is 0 Å². The van der Waals surface area contributed by atoms with Gasteiger partial charge in [0.2, 0.25) is 0 Å². The first-order valence-electron chi connectivity index (χ1n) is 7.40. The van der Waals surface area contributed by atoms with Crippen LogP contribution in [0.4, 0.5) is 0 Å². The lowest BCUT2D eigenvalue weighted by Gasteiger charge is -2.13. The summed E-state index contributed by atoms with van der Waals surface area (Å²) in [6, 6.07) is 7.08. The minimum Gasteiger partial charge on any atom is -0.481 e. The Hall–Kier alpha value is -1.36. The number of carboxylic acid groups (broad SMARTS) is 1. The second kappa shape index (κ2) is 6.18. The maximum atomic E-state index is 12.1. The fourth-order valence-electron chi connectivity index (χ4n) is 2.80. The standard InChI is InChI=1S/C16H22O4S/c1-3-7-21(19,20)14-6-4-5-12(9-14)11(2)8-13-10-15(13)16(17)18/h4-6,9,11,13,15H,3,7-8,10H2,1-2H3,(H,17,18). The van der Waals surface area contributed by atoms with Crippen LogP contribution in [0.25, 0.3) is 0 Å². The van der Waals surface area contributed by atoms with E-state index in [0.29, 0.717) is 11.3 Å². The van der Waals surface area contributed by atoms with E-state index < -0.39 is 15.8 Å². The van der Waals surface area contributed by atoms with Gasteiger partial charge in [-0.2, -0.15) is 0 Å². The summed E-state index contributed by atoms with van der Waals surface area (Å²) in [6.07, 6.45) is 2.15. The molecule has 3 atom stereocenters. The largest absolute Gasteiger partial charge is 0.481 e. The van der Waals surface area contributed by atoms with Crippen molar-refractivity contribution < 1.29 is 18.3 Å². The van der Waals surface area contributed by atoms with Crippen LogP contribution in [0, 0.1) is 11.8 Å². The first-order chi connectivity index (χ1) is 9.85. The summed E-state index contributed by atoms with van der Waals surface area (Å²) in [5.41, 5.74) is 0.975. The Bertz CT molecular complexity index is 621. The van der Waals surface area contributed by atoms with E-state index in [9.17, 15) is 13.2 Å². The molecule has 1 saturated carbocycles. The molecule has 0 bridgehead atoms. The van der Waals surface area contributed by atoms with E-state index in [0.717, 1.165) is 18.4 Å². The van der Waals surface area contributed by atoms with Crippen LogP contribution in [0.3, 0.4) is 0 Å². The highest BCUT2D eigenvalue weighted by atomic mass is 32.2. The molecule has 1 aliphatic rings. The average molecular weight is 310 g/mol. The van der Waals surface area contributed by atoms with Gasteiger partial charge in [-0.3, -0.25) is 4.79 Å². The lowest BCUT2D eigenvalue weighted by Crippen LogP contribution is -2.07. The third kappa shape index (κ3) is 3.84. The maximum Gasteiger partial charge on any atom is 0.306 e.